The van der Waals surface area contributed by atoms with Crippen LogP contribution >= 0.6 is 12.6 Å². The number of rotatable bonds is 0. The first-order valence-electron chi connectivity index (χ1n) is 3.95. The SMILES string of the molecule is CC1C2CC(S)CC1C2. The molecule has 3 aliphatic carbocycles. The molecule has 9 heavy (non-hydrogen) atoms. The van der Waals surface area contributed by atoms with Crippen LogP contribution in [0.15, 0.2) is 0 Å². The van der Waals surface area contributed by atoms with Gasteiger partial charge in [-0.15, -0.1) is 0 Å². The molecule has 1 heteroatoms. The van der Waals surface area contributed by atoms with Gasteiger partial charge in [-0.2, -0.15) is 12.6 Å². The zero-order valence-electron chi connectivity index (χ0n) is 5.88. The maximum absolute atomic E-state index is 4.49. The topological polar surface area (TPSA) is 0 Å². The van der Waals surface area contributed by atoms with Gasteiger partial charge >= 0.3 is 0 Å². The first-order valence-corrected chi connectivity index (χ1v) is 4.47. The van der Waals surface area contributed by atoms with E-state index in [1.807, 2.05) is 0 Å². The lowest BCUT2D eigenvalue weighted by atomic mass is 9.58. The van der Waals surface area contributed by atoms with Crippen LogP contribution in [0.2, 0.25) is 0 Å². The highest BCUT2D eigenvalue weighted by molar-refractivity contribution is 7.80. The predicted molar refractivity (Wildman–Crippen MR) is 42.8 cm³/mol. The van der Waals surface area contributed by atoms with Crippen molar-refractivity contribution in [1.29, 1.82) is 0 Å². The molecule has 0 aromatic rings. The van der Waals surface area contributed by atoms with E-state index in [0.29, 0.717) is 0 Å². The fraction of sp³-hybridized carbons (Fsp3) is 1.00. The van der Waals surface area contributed by atoms with Gasteiger partial charge in [0.15, 0.2) is 0 Å². The Hall–Kier alpha value is 0.350. The van der Waals surface area contributed by atoms with Gasteiger partial charge in [-0.3, -0.25) is 0 Å². The Labute approximate surface area is 62.4 Å². The van der Waals surface area contributed by atoms with Crippen LogP contribution in [0.4, 0.5) is 0 Å². The summed E-state index contributed by atoms with van der Waals surface area (Å²) in [7, 11) is 0. The van der Waals surface area contributed by atoms with Gasteiger partial charge in [-0.25, -0.2) is 0 Å². The van der Waals surface area contributed by atoms with Crippen LogP contribution < -0.4 is 0 Å². The largest absolute Gasteiger partial charge is 0.176 e. The van der Waals surface area contributed by atoms with E-state index in [-0.39, 0.29) is 0 Å². The van der Waals surface area contributed by atoms with Crippen molar-refractivity contribution >= 4 is 12.6 Å². The van der Waals surface area contributed by atoms with Crippen molar-refractivity contribution in [2.45, 2.75) is 31.4 Å². The van der Waals surface area contributed by atoms with E-state index >= 15 is 0 Å². The van der Waals surface area contributed by atoms with Gasteiger partial charge in [0, 0.05) is 5.25 Å². The minimum atomic E-state index is 0.741. The Bertz CT molecular complexity index is 110. The molecule has 0 radical (unpaired) electrons. The molecular weight excluding hydrogens is 128 g/mol. The first kappa shape index (κ1) is 6.09. The molecule has 0 spiro atoms. The third kappa shape index (κ3) is 0.813. The van der Waals surface area contributed by atoms with Crippen LogP contribution in [0, 0.1) is 17.8 Å². The molecule has 3 rings (SSSR count). The highest BCUT2D eigenvalue weighted by Crippen LogP contribution is 2.51. The Kier molecular flexibility index (Phi) is 1.29. The van der Waals surface area contributed by atoms with Crippen molar-refractivity contribution in [2.75, 3.05) is 0 Å². The number of fused-ring (bicyclic) bond motifs is 2. The van der Waals surface area contributed by atoms with Gasteiger partial charge < -0.3 is 0 Å². The maximum Gasteiger partial charge on any atom is 0.00222 e. The molecule has 0 saturated heterocycles. The molecule has 0 aromatic heterocycles. The normalized spacial score (nSPS) is 56.7. The molecule has 0 aromatic carbocycles. The molecule has 2 bridgehead atoms. The van der Waals surface area contributed by atoms with Crippen molar-refractivity contribution < 1.29 is 0 Å². The summed E-state index contributed by atoms with van der Waals surface area (Å²) in [6.07, 6.45) is 4.29. The second-order valence-corrected chi connectivity index (χ2v) is 4.47. The molecule has 0 N–H and O–H groups in total. The Morgan fingerprint density at radius 1 is 1.11 bits per heavy atom. The van der Waals surface area contributed by atoms with Crippen LogP contribution in [0.5, 0.6) is 0 Å². The number of hydrogen-bond acceptors (Lipinski definition) is 1. The molecular formula is C8H14S. The lowest BCUT2D eigenvalue weighted by molar-refractivity contribution is 0.0329. The van der Waals surface area contributed by atoms with Gasteiger partial charge in [0.1, 0.15) is 0 Å². The molecule has 3 saturated carbocycles. The van der Waals surface area contributed by atoms with E-state index in [4.69, 9.17) is 0 Å². The molecule has 0 nitrogen and oxygen atoms in total. The fourth-order valence-corrected chi connectivity index (χ4v) is 2.97. The zero-order chi connectivity index (χ0) is 6.43. The molecule has 2 atom stereocenters. The van der Waals surface area contributed by atoms with Crippen molar-refractivity contribution in [3.05, 3.63) is 0 Å². The van der Waals surface area contributed by atoms with Crippen molar-refractivity contribution in [3.8, 4) is 0 Å². The lowest BCUT2D eigenvalue weighted by Crippen LogP contribution is -2.42. The van der Waals surface area contributed by atoms with Crippen LogP contribution in [-0.2, 0) is 0 Å². The van der Waals surface area contributed by atoms with E-state index in [9.17, 15) is 0 Å². The van der Waals surface area contributed by atoms with E-state index in [0.717, 1.165) is 23.0 Å². The molecule has 0 heterocycles. The molecule has 3 aliphatic rings. The average Bonchev–Trinajstić information content (AvgIpc) is 1.87. The minimum absolute atomic E-state index is 0.741. The third-order valence-corrected chi connectivity index (χ3v) is 3.66. The molecule has 3 fully saturated rings. The average molecular weight is 142 g/mol. The highest BCUT2D eigenvalue weighted by atomic mass is 32.1. The third-order valence-electron chi connectivity index (χ3n) is 3.24. The Balaban J connectivity index is 2.01. The van der Waals surface area contributed by atoms with Crippen LogP contribution in [0.1, 0.15) is 26.2 Å². The van der Waals surface area contributed by atoms with Crippen LogP contribution in [-0.4, -0.2) is 5.25 Å². The standard InChI is InChI=1S/C8H14S/c1-5-6-2-7(5)4-8(9)3-6/h5-9H,2-4H2,1H3. The summed E-state index contributed by atoms with van der Waals surface area (Å²) < 4.78 is 0. The molecule has 2 unspecified atom stereocenters. The second kappa shape index (κ2) is 1.91. The van der Waals surface area contributed by atoms with Gasteiger partial charge in [-0.05, 0) is 37.0 Å². The quantitative estimate of drug-likeness (QED) is 0.493. The molecule has 52 valence electrons. The zero-order valence-corrected chi connectivity index (χ0v) is 6.77. The van der Waals surface area contributed by atoms with Crippen molar-refractivity contribution in [1.82, 2.24) is 0 Å². The summed E-state index contributed by atoms with van der Waals surface area (Å²) in [6, 6.07) is 0. The van der Waals surface area contributed by atoms with Gasteiger partial charge in [0.05, 0.1) is 0 Å². The molecule has 0 aliphatic heterocycles. The molecule has 0 amide bonds. The van der Waals surface area contributed by atoms with E-state index in [2.05, 4.69) is 19.6 Å². The fourth-order valence-electron chi connectivity index (χ4n) is 2.42. The van der Waals surface area contributed by atoms with E-state index in [1.54, 1.807) is 0 Å². The van der Waals surface area contributed by atoms with Crippen molar-refractivity contribution in [3.63, 3.8) is 0 Å². The van der Waals surface area contributed by atoms with Crippen LogP contribution in [0.3, 0.4) is 0 Å². The lowest BCUT2D eigenvalue weighted by Gasteiger charge is -2.50. The van der Waals surface area contributed by atoms with Gasteiger partial charge in [0.25, 0.3) is 0 Å². The number of thiol groups is 1. The Morgan fingerprint density at radius 3 is 2.00 bits per heavy atom. The predicted octanol–water partition coefficient (Wildman–Crippen LogP) is 2.35. The van der Waals surface area contributed by atoms with Gasteiger partial charge in [0.2, 0.25) is 0 Å². The summed E-state index contributed by atoms with van der Waals surface area (Å²) in [4.78, 5) is 0. The van der Waals surface area contributed by atoms with Gasteiger partial charge in [-0.1, -0.05) is 6.92 Å². The summed E-state index contributed by atoms with van der Waals surface area (Å²) >= 11 is 4.49. The maximum atomic E-state index is 4.49. The van der Waals surface area contributed by atoms with Crippen molar-refractivity contribution in [2.24, 2.45) is 17.8 Å². The van der Waals surface area contributed by atoms with Crippen LogP contribution in [0.25, 0.3) is 0 Å². The summed E-state index contributed by atoms with van der Waals surface area (Å²) in [6.45, 7) is 2.40. The summed E-state index contributed by atoms with van der Waals surface area (Å²) in [5, 5.41) is 0.741. The monoisotopic (exact) mass is 142 g/mol. The number of hydrogen-bond donors (Lipinski definition) is 1. The first-order chi connectivity index (χ1) is 4.27. The van der Waals surface area contributed by atoms with E-state index < -0.39 is 0 Å². The minimum Gasteiger partial charge on any atom is -0.176 e. The summed E-state index contributed by atoms with van der Waals surface area (Å²) in [5.74, 6) is 3.13. The smallest absolute Gasteiger partial charge is 0.00222 e. The Morgan fingerprint density at radius 2 is 1.67 bits per heavy atom. The second-order valence-electron chi connectivity index (χ2n) is 3.74. The summed E-state index contributed by atoms with van der Waals surface area (Å²) in [5.41, 5.74) is 0. The highest BCUT2D eigenvalue weighted by Gasteiger charge is 2.43. The van der Waals surface area contributed by atoms with E-state index in [1.165, 1.54) is 19.3 Å².